The van der Waals surface area contributed by atoms with Crippen molar-refractivity contribution in [3.8, 4) is 5.69 Å². The molecule has 0 bridgehead atoms. The number of hydrogen-bond donors (Lipinski definition) is 0. The van der Waals surface area contributed by atoms with Crippen molar-refractivity contribution in [1.82, 2.24) is 15.0 Å². The number of hydrazone groups is 1. The molecule has 0 spiro atoms. The molecule has 1 aromatic heterocycles. The maximum atomic E-state index is 12.8. The normalized spacial score (nSPS) is 15.8. The monoisotopic (exact) mass is 437 g/mol. The van der Waals surface area contributed by atoms with Crippen LogP contribution in [-0.2, 0) is 9.53 Å². The molecule has 3 aromatic rings. The summed E-state index contributed by atoms with van der Waals surface area (Å²) in [6, 6.07) is 16.2. The number of halogens is 1. The third kappa shape index (κ3) is 4.34. The summed E-state index contributed by atoms with van der Waals surface area (Å²) in [5.74, 6) is -1.19. The number of amides is 1. The fraction of sp³-hybridized carbons (Fsp3) is 0.227. The first-order valence-corrected chi connectivity index (χ1v) is 10.1. The zero-order valence-electron chi connectivity index (χ0n) is 17.0. The highest BCUT2D eigenvalue weighted by molar-refractivity contribution is 6.30. The van der Waals surface area contributed by atoms with Crippen LogP contribution in [-0.4, -0.2) is 39.2 Å². The van der Waals surface area contributed by atoms with Crippen LogP contribution in [0, 0.1) is 12.8 Å². The van der Waals surface area contributed by atoms with Gasteiger partial charge in [0.1, 0.15) is 0 Å². The van der Waals surface area contributed by atoms with E-state index in [9.17, 15) is 9.59 Å². The third-order valence-corrected chi connectivity index (χ3v) is 5.19. The van der Waals surface area contributed by atoms with Gasteiger partial charge in [-0.1, -0.05) is 29.8 Å². The minimum atomic E-state index is -0.575. The second-order valence-electron chi connectivity index (χ2n) is 7.10. The lowest BCUT2D eigenvalue weighted by Gasteiger charge is -2.14. The molecule has 0 saturated carbocycles. The summed E-state index contributed by atoms with van der Waals surface area (Å²) in [5.41, 5.74) is 2.67. The highest BCUT2D eigenvalue weighted by atomic mass is 35.5. The average Bonchev–Trinajstić information content (AvgIpc) is 3.29. The number of nitrogens with zero attached hydrogens (tertiary/aromatic N) is 5. The standard InChI is InChI=1S/C22H20ClN5O3/c1-14-19(21(29)27(24-14)17-10-8-16(23)9-11-17)12-13-31-22(30)20-15(2)25-28(26-20)18-6-4-3-5-7-18/h3-11,19H,12-13H2,1-2H3. The zero-order chi connectivity index (χ0) is 22.0. The van der Waals surface area contributed by atoms with Crippen LogP contribution in [0.1, 0.15) is 29.5 Å². The molecule has 2 aromatic carbocycles. The first-order chi connectivity index (χ1) is 14.9. The van der Waals surface area contributed by atoms with Crippen LogP contribution in [0.15, 0.2) is 59.7 Å². The Labute approximate surface area is 184 Å². The lowest BCUT2D eigenvalue weighted by molar-refractivity contribution is -0.120. The quantitative estimate of drug-likeness (QED) is 0.547. The second-order valence-corrected chi connectivity index (χ2v) is 7.54. The molecule has 8 nitrogen and oxygen atoms in total. The molecule has 0 aliphatic carbocycles. The molecule has 2 heterocycles. The molecule has 0 radical (unpaired) electrons. The van der Waals surface area contributed by atoms with Crippen LogP contribution in [0.5, 0.6) is 0 Å². The Morgan fingerprint density at radius 3 is 2.45 bits per heavy atom. The Morgan fingerprint density at radius 2 is 1.74 bits per heavy atom. The van der Waals surface area contributed by atoms with Gasteiger partial charge in [0.15, 0.2) is 5.69 Å². The average molecular weight is 438 g/mol. The molecule has 1 unspecified atom stereocenters. The van der Waals surface area contributed by atoms with E-state index >= 15 is 0 Å². The number of ether oxygens (including phenoxy) is 1. The molecule has 31 heavy (non-hydrogen) atoms. The number of rotatable bonds is 6. The number of aromatic nitrogens is 3. The fourth-order valence-electron chi connectivity index (χ4n) is 3.28. The van der Waals surface area contributed by atoms with Crippen LogP contribution in [0.4, 0.5) is 5.69 Å². The van der Waals surface area contributed by atoms with E-state index in [0.29, 0.717) is 28.5 Å². The van der Waals surface area contributed by atoms with Crippen molar-refractivity contribution in [1.29, 1.82) is 0 Å². The summed E-state index contributed by atoms with van der Waals surface area (Å²) in [6.45, 7) is 3.55. The van der Waals surface area contributed by atoms with E-state index in [-0.39, 0.29) is 18.2 Å². The van der Waals surface area contributed by atoms with Gasteiger partial charge in [0.05, 0.1) is 29.6 Å². The van der Waals surface area contributed by atoms with Crippen LogP contribution in [0.25, 0.3) is 5.69 Å². The van der Waals surface area contributed by atoms with Crippen LogP contribution >= 0.6 is 11.6 Å². The Hall–Kier alpha value is -3.52. The van der Waals surface area contributed by atoms with Crippen LogP contribution in [0.2, 0.25) is 5.02 Å². The minimum absolute atomic E-state index is 0.0637. The predicted molar refractivity (Wildman–Crippen MR) is 117 cm³/mol. The lowest BCUT2D eigenvalue weighted by atomic mass is 10.0. The maximum absolute atomic E-state index is 12.8. The van der Waals surface area contributed by atoms with Gasteiger partial charge in [0, 0.05) is 10.7 Å². The van der Waals surface area contributed by atoms with Crippen molar-refractivity contribution in [2.24, 2.45) is 11.0 Å². The van der Waals surface area contributed by atoms with E-state index < -0.39 is 11.9 Å². The summed E-state index contributed by atoms with van der Waals surface area (Å²) in [4.78, 5) is 26.7. The zero-order valence-corrected chi connectivity index (χ0v) is 17.8. The summed E-state index contributed by atoms with van der Waals surface area (Å²) >= 11 is 5.91. The second kappa shape index (κ2) is 8.69. The largest absolute Gasteiger partial charge is 0.461 e. The van der Waals surface area contributed by atoms with E-state index in [4.69, 9.17) is 16.3 Å². The van der Waals surface area contributed by atoms with Gasteiger partial charge in [-0.25, -0.2) is 9.80 Å². The molecule has 158 valence electrons. The number of carbonyl (C=O) groups excluding carboxylic acids is 2. The summed E-state index contributed by atoms with van der Waals surface area (Å²) in [5, 5.41) is 14.8. The first kappa shape index (κ1) is 20.7. The maximum Gasteiger partial charge on any atom is 0.360 e. The predicted octanol–water partition coefficient (Wildman–Crippen LogP) is 3.81. The molecule has 9 heteroatoms. The molecule has 0 N–H and O–H groups in total. The number of carbonyl (C=O) groups is 2. The number of hydrogen-bond acceptors (Lipinski definition) is 6. The van der Waals surface area contributed by atoms with E-state index in [0.717, 1.165) is 5.69 Å². The molecular formula is C22H20ClN5O3. The third-order valence-electron chi connectivity index (χ3n) is 4.94. The molecule has 4 rings (SSSR count). The van der Waals surface area contributed by atoms with Gasteiger partial charge >= 0.3 is 5.97 Å². The smallest absolute Gasteiger partial charge is 0.360 e. The van der Waals surface area contributed by atoms with Crippen molar-refractivity contribution < 1.29 is 14.3 Å². The number of anilines is 1. The van der Waals surface area contributed by atoms with Crippen molar-refractivity contribution in [3.05, 3.63) is 71.0 Å². The number of aryl methyl sites for hydroxylation is 1. The minimum Gasteiger partial charge on any atom is -0.461 e. The Bertz CT molecular complexity index is 1140. The number of esters is 1. The van der Waals surface area contributed by atoms with Crippen molar-refractivity contribution in [2.45, 2.75) is 20.3 Å². The van der Waals surface area contributed by atoms with E-state index in [1.807, 2.05) is 30.3 Å². The Kier molecular flexibility index (Phi) is 5.81. The number of benzene rings is 2. The topological polar surface area (TPSA) is 89.7 Å². The van der Waals surface area contributed by atoms with Crippen LogP contribution in [0.3, 0.4) is 0 Å². The fourth-order valence-corrected chi connectivity index (χ4v) is 3.41. The van der Waals surface area contributed by atoms with Gasteiger partial charge in [0.2, 0.25) is 0 Å². The van der Waals surface area contributed by atoms with Crippen LogP contribution < -0.4 is 5.01 Å². The molecule has 1 aliphatic heterocycles. The van der Waals surface area contributed by atoms with E-state index in [1.54, 1.807) is 38.1 Å². The molecule has 1 aliphatic rings. The van der Waals surface area contributed by atoms with Crippen molar-refractivity contribution >= 4 is 34.9 Å². The SMILES string of the molecule is CC1=NN(c2ccc(Cl)cc2)C(=O)C1CCOC(=O)c1nn(-c2ccccc2)nc1C. The first-order valence-electron chi connectivity index (χ1n) is 9.75. The summed E-state index contributed by atoms with van der Waals surface area (Å²) < 4.78 is 5.38. The molecule has 0 fully saturated rings. The summed E-state index contributed by atoms with van der Waals surface area (Å²) in [6.07, 6.45) is 0.329. The van der Waals surface area contributed by atoms with Gasteiger partial charge in [-0.05, 0) is 56.7 Å². The Morgan fingerprint density at radius 1 is 1.03 bits per heavy atom. The van der Waals surface area contributed by atoms with Gasteiger partial charge in [-0.15, -0.1) is 5.10 Å². The molecule has 1 atom stereocenters. The van der Waals surface area contributed by atoms with Crippen molar-refractivity contribution in [2.75, 3.05) is 11.6 Å². The van der Waals surface area contributed by atoms with Gasteiger partial charge in [0.25, 0.3) is 5.91 Å². The highest BCUT2D eigenvalue weighted by Gasteiger charge is 2.34. The Balaban J connectivity index is 1.37. The highest BCUT2D eigenvalue weighted by Crippen LogP contribution is 2.27. The van der Waals surface area contributed by atoms with E-state index in [1.165, 1.54) is 9.81 Å². The van der Waals surface area contributed by atoms with Gasteiger partial charge < -0.3 is 4.74 Å². The van der Waals surface area contributed by atoms with Crippen molar-refractivity contribution in [3.63, 3.8) is 0 Å². The van der Waals surface area contributed by atoms with Gasteiger partial charge in [-0.3, -0.25) is 4.79 Å². The van der Waals surface area contributed by atoms with E-state index in [2.05, 4.69) is 15.3 Å². The van der Waals surface area contributed by atoms with Gasteiger partial charge in [-0.2, -0.15) is 15.0 Å². The summed E-state index contributed by atoms with van der Waals surface area (Å²) in [7, 11) is 0. The lowest BCUT2D eigenvalue weighted by Crippen LogP contribution is -2.28. The molecule has 0 saturated heterocycles. The molecular weight excluding hydrogens is 418 g/mol. The molecule has 1 amide bonds. The number of para-hydroxylation sites is 1.